The summed E-state index contributed by atoms with van der Waals surface area (Å²) in [5.74, 6) is -10.8. The van der Waals surface area contributed by atoms with Crippen molar-refractivity contribution in [3.63, 3.8) is 0 Å². The zero-order valence-corrected chi connectivity index (χ0v) is 26.6. The summed E-state index contributed by atoms with van der Waals surface area (Å²) in [7, 11) is 0. The number of phenols is 7. The molecule has 4 atom stereocenters. The molecule has 0 saturated carbocycles. The predicted molar refractivity (Wildman–Crippen MR) is 175 cm³/mol. The zero-order chi connectivity index (χ0) is 37.9. The van der Waals surface area contributed by atoms with E-state index in [2.05, 4.69) is 0 Å². The van der Waals surface area contributed by atoms with Gasteiger partial charge in [-0.05, 0) is 70.8 Å². The molecule has 0 bridgehead atoms. The quantitative estimate of drug-likeness (QED) is 0.0577. The van der Waals surface area contributed by atoms with Crippen LogP contribution in [-0.4, -0.2) is 82.0 Å². The van der Waals surface area contributed by atoms with Crippen molar-refractivity contribution in [2.45, 2.75) is 37.1 Å². The van der Waals surface area contributed by atoms with Gasteiger partial charge in [-0.15, -0.1) is 0 Å². The topological polar surface area (TPSA) is 278 Å². The number of ether oxygens (including phenoxy) is 3. The Bertz CT molecular complexity index is 2090. The van der Waals surface area contributed by atoms with Crippen LogP contribution in [0.1, 0.15) is 39.8 Å². The molecule has 16 heteroatoms. The van der Waals surface area contributed by atoms with E-state index in [1.165, 1.54) is 24.3 Å². The third-order valence-electron chi connectivity index (χ3n) is 8.04. The summed E-state index contributed by atoms with van der Waals surface area (Å²) in [6, 6.07) is 13.0. The Morgan fingerprint density at radius 1 is 0.635 bits per heavy atom. The molecule has 0 radical (unpaired) electrons. The van der Waals surface area contributed by atoms with Crippen LogP contribution in [-0.2, 0) is 41.5 Å². The minimum Gasteiger partial charge on any atom is -0.504 e. The molecule has 9 N–H and O–H groups in total. The Morgan fingerprint density at radius 2 is 1.13 bits per heavy atom. The highest BCUT2D eigenvalue weighted by molar-refractivity contribution is 5.92. The first-order valence-electron chi connectivity index (χ1n) is 15.2. The number of rotatable bonds is 12. The molecule has 1 aliphatic rings. The van der Waals surface area contributed by atoms with Crippen molar-refractivity contribution < 1.29 is 79.3 Å². The van der Waals surface area contributed by atoms with Gasteiger partial charge >= 0.3 is 23.9 Å². The second-order valence-corrected chi connectivity index (χ2v) is 11.6. The van der Waals surface area contributed by atoms with Crippen molar-refractivity contribution in [3.8, 4) is 46.0 Å². The number of aromatic hydroxyl groups is 7. The van der Waals surface area contributed by atoms with E-state index >= 15 is 0 Å². The van der Waals surface area contributed by atoms with Gasteiger partial charge in [0.25, 0.3) is 0 Å². The summed E-state index contributed by atoms with van der Waals surface area (Å²) in [5, 5.41) is 89.1. The number of benzene rings is 4. The van der Waals surface area contributed by atoms with E-state index in [0.29, 0.717) is 0 Å². The molecule has 0 spiro atoms. The fraction of sp³-hybridized carbons (Fsp3) is 0.167. The van der Waals surface area contributed by atoms with Crippen molar-refractivity contribution in [2.75, 3.05) is 0 Å². The van der Waals surface area contributed by atoms with Crippen molar-refractivity contribution in [1.82, 2.24) is 0 Å². The molecule has 0 aliphatic carbocycles. The van der Waals surface area contributed by atoms with Crippen LogP contribution in [0.4, 0.5) is 0 Å². The lowest BCUT2D eigenvalue weighted by Gasteiger charge is -2.22. The van der Waals surface area contributed by atoms with Gasteiger partial charge < -0.3 is 60.2 Å². The lowest BCUT2D eigenvalue weighted by molar-refractivity contribution is -0.166. The predicted octanol–water partition coefficient (Wildman–Crippen LogP) is 3.33. The largest absolute Gasteiger partial charge is 0.504 e. The van der Waals surface area contributed by atoms with Gasteiger partial charge in [0.15, 0.2) is 46.0 Å². The number of hydrogen-bond acceptors (Lipinski definition) is 14. The first kappa shape index (κ1) is 36.2. The molecule has 1 unspecified atom stereocenters. The molecule has 0 amide bonds. The van der Waals surface area contributed by atoms with Crippen molar-refractivity contribution >= 4 is 30.0 Å². The Morgan fingerprint density at radius 3 is 1.65 bits per heavy atom. The van der Waals surface area contributed by atoms with Gasteiger partial charge in [-0.25, -0.2) is 14.4 Å². The molecular formula is C36H30O16. The highest BCUT2D eigenvalue weighted by atomic mass is 16.6. The Balaban J connectivity index is 1.47. The molecule has 16 nitrogen and oxygen atoms in total. The van der Waals surface area contributed by atoms with E-state index in [-0.39, 0.29) is 40.0 Å². The Labute approximate surface area is 292 Å². The molecular weight excluding hydrogens is 688 g/mol. The van der Waals surface area contributed by atoms with Crippen LogP contribution in [0.5, 0.6) is 46.0 Å². The van der Waals surface area contributed by atoms with E-state index in [4.69, 9.17) is 14.2 Å². The molecule has 52 heavy (non-hydrogen) atoms. The van der Waals surface area contributed by atoms with E-state index < -0.39 is 94.8 Å². The molecule has 0 saturated heterocycles. The average molecular weight is 719 g/mol. The van der Waals surface area contributed by atoms with E-state index in [1.54, 1.807) is 0 Å². The Hall–Kier alpha value is -7.10. The minimum atomic E-state index is -1.84. The zero-order valence-electron chi connectivity index (χ0n) is 26.6. The number of carbonyl (C=O) groups is 4. The van der Waals surface area contributed by atoms with Crippen LogP contribution in [0, 0.1) is 0 Å². The number of carboxylic acids is 2. The fourth-order valence-electron chi connectivity index (χ4n) is 5.49. The third kappa shape index (κ3) is 7.86. The molecule has 1 heterocycles. The van der Waals surface area contributed by atoms with Gasteiger partial charge in [0.05, 0.1) is 0 Å². The normalized spacial score (nSPS) is 16.0. The molecule has 1 aliphatic heterocycles. The highest BCUT2D eigenvalue weighted by Gasteiger charge is 2.46. The lowest BCUT2D eigenvalue weighted by Crippen LogP contribution is -2.33. The second-order valence-electron chi connectivity index (χ2n) is 11.6. The monoisotopic (exact) mass is 718 g/mol. The second kappa shape index (κ2) is 14.8. The van der Waals surface area contributed by atoms with Gasteiger partial charge in [0, 0.05) is 24.5 Å². The van der Waals surface area contributed by atoms with Gasteiger partial charge in [0.2, 0.25) is 12.2 Å². The number of carboxylic acid groups (broad SMARTS) is 2. The molecule has 0 fully saturated rings. The van der Waals surface area contributed by atoms with Gasteiger partial charge in [-0.1, -0.05) is 24.3 Å². The summed E-state index contributed by atoms with van der Waals surface area (Å²) in [6.45, 7) is 0. The first-order valence-corrected chi connectivity index (χ1v) is 15.2. The summed E-state index contributed by atoms with van der Waals surface area (Å²) in [5.41, 5.74) is 0.445. The van der Waals surface area contributed by atoms with Gasteiger partial charge in [-0.2, -0.15) is 0 Å². The van der Waals surface area contributed by atoms with Crippen LogP contribution in [0.3, 0.4) is 0 Å². The molecule has 4 aromatic rings. The molecule has 4 aromatic carbocycles. The summed E-state index contributed by atoms with van der Waals surface area (Å²) in [4.78, 5) is 50.9. The fourth-order valence-corrected chi connectivity index (χ4v) is 5.49. The maximum Gasteiger partial charge on any atom is 0.345 e. The van der Waals surface area contributed by atoms with Crippen molar-refractivity contribution in [1.29, 1.82) is 0 Å². The summed E-state index contributed by atoms with van der Waals surface area (Å²) < 4.78 is 16.5. The number of aliphatic carboxylic acids is 2. The van der Waals surface area contributed by atoms with E-state index in [0.717, 1.165) is 54.6 Å². The SMILES string of the molecule is O=C(/C=C/c1ccc(O)c2c1C(C(=O)O[C@@H](Cc1ccc(O)c(O)c1)C(=O)O)[C@@H](c1ccc(O)c(O)c1)O2)O[C@H](Cc1ccc(O)c(O)c1)C(=O)O. The minimum absolute atomic E-state index is 0.0443. The average Bonchev–Trinajstić information content (AvgIpc) is 3.50. The molecule has 5 rings (SSSR count). The number of fused-ring (bicyclic) bond motifs is 1. The lowest BCUT2D eigenvalue weighted by atomic mass is 9.87. The van der Waals surface area contributed by atoms with Gasteiger partial charge in [0.1, 0.15) is 12.0 Å². The van der Waals surface area contributed by atoms with E-state index in [9.17, 15) is 65.1 Å². The summed E-state index contributed by atoms with van der Waals surface area (Å²) >= 11 is 0. The molecule has 0 aromatic heterocycles. The van der Waals surface area contributed by atoms with Crippen LogP contribution < -0.4 is 4.74 Å². The third-order valence-corrected chi connectivity index (χ3v) is 8.04. The molecule has 270 valence electrons. The van der Waals surface area contributed by atoms with Gasteiger partial charge in [-0.3, -0.25) is 4.79 Å². The number of hydrogen-bond donors (Lipinski definition) is 9. The highest BCUT2D eigenvalue weighted by Crippen LogP contribution is 2.53. The maximum atomic E-state index is 13.9. The van der Waals surface area contributed by atoms with Crippen LogP contribution in [0.25, 0.3) is 6.08 Å². The van der Waals surface area contributed by atoms with Crippen LogP contribution in [0.15, 0.2) is 72.8 Å². The number of phenolic OH excluding ortho intramolecular Hbond substituents is 7. The maximum absolute atomic E-state index is 13.9. The van der Waals surface area contributed by atoms with Crippen LogP contribution >= 0.6 is 0 Å². The van der Waals surface area contributed by atoms with Crippen LogP contribution in [0.2, 0.25) is 0 Å². The standard InChI is InChI=1S/C36H30O16/c37-20-6-1-16(11-24(20)41)13-27(34(45)46)50-29(44)10-5-18-3-9-23(40)33-30(18)31(32(52-33)19-4-8-22(39)26(43)15-19)36(49)51-28(35(47)48)14-17-2-7-21(38)25(42)12-17/h1-12,15,27-28,31-32,37-43H,13-14H2,(H,45,46)(H,47,48)/b10-5+/t27-,28+,31?,32-/m1/s1. The summed E-state index contributed by atoms with van der Waals surface area (Å²) in [6.07, 6.45) is -3.85. The van der Waals surface area contributed by atoms with Crippen molar-refractivity contribution in [2.24, 2.45) is 0 Å². The number of carbonyl (C=O) groups excluding carboxylic acids is 2. The van der Waals surface area contributed by atoms with Crippen molar-refractivity contribution in [3.05, 3.63) is 101 Å². The first-order chi connectivity index (χ1) is 24.6. The number of esters is 2. The van der Waals surface area contributed by atoms with E-state index in [1.807, 2.05) is 0 Å². The smallest absolute Gasteiger partial charge is 0.345 e. The Kier molecular flexibility index (Phi) is 10.3.